The number of hydrogen-bond acceptors (Lipinski definition) is 4. The van der Waals surface area contributed by atoms with Gasteiger partial charge in [-0.2, -0.15) is 0 Å². The fourth-order valence-electron chi connectivity index (χ4n) is 2.27. The van der Waals surface area contributed by atoms with Crippen LogP contribution in [-0.2, 0) is 6.54 Å². The Balaban J connectivity index is 1.77. The fraction of sp³-hybridized carbons (Fsp3) is 0.125. The van der Waals surface area contributed by atoms with Crippen LogP contribution in [0.5, 0.6) is 5.75 Å². The molecule has 0 aliphatic heterocycles. The molecule has 1 heterocycles. The Kier molecular flexibility index (Phi) is 3.65. The summed E-state index contributed by atoms with van der Waals surface area (Å²) in [6, 6.07) is 13.9. The number of benzene rings is 2. The highest BCUT2D eigenvalue weighted by Crippen LogP contribution is 2.17. The molecular formula is C16H14N2O4. The van der Waals surface area contributed by atoms with E-state index in [-0.39, 0.29) is 6.61 Å². The van der Waals surface area contributed by atoms with Crippen LogP contribution in [0.3, 0.4) is 0 Å². The van der Waals surface area contributed by atoms with E-state index in [1.807, 2.05) is 6.07 Å². The van der Waals surface area contributed by atoms with Crippen LogP contribution in [0.15, 0.2) is 57.7 Å². The highest BCUT2D eigenvalue weighted by atomic mass is 16.5. The Morgan fingerprint density at radius 2 is 1.86 bits per heavy atom. The third-order valence-electron chi connectivity index (χ3n) is 3.30. The van der Waals surface area contributed by atoms with Gasteiger partial charge in [0.2, 0.25) is 0 Å². The zero-order valence-electron chi connectivity index (χ0n) is 11.7. The van der Waals surface area contributed by atoms with Gasteiger partial charge in [0.05, 0.1) is 17.6 Å². The van der Waals surface area contributed by atoms with Crippen LogP contribution in [-0.4, -0.2) is 17.1 Å². The predicted octanol–water partition coefficient (Wildman–Crippen LogP) is 1.77. The van der Waals surface area contributed by atoms with Crippen molar-refractivity contribution < 1.29 is 13.9 Å². The van der Waals surface area contributed by atoms with Gasteiger partial charge in [-0.05, 0) is 24.3 Å². The van der Waals surface area contributed by atoms with Gasteiger partial charge in [0, 0.05) is 0 Å². The molecule has 112 valence electrons. The molecule has 0 unspecified atom stereocenters. The fourth-order valence-corrected chi connectivity index (χ4v) is 2.27. The van der Waals surface area contributed by atoms with Gasteiger partial charge in [0.25, 0.3) is 5.91 Å². The SMILES string of the molecule is NC(=O)c1ccccc1OCCn1c(=O)oc2ccccc21. The Hall–Kier alpha value is -3.02. The van der Waals surface area contributed by atoms with E-state index in [0.717, 1.165) is 0 Å². The smallest absolute Gasteiger partial charge is 0.420 e. The molecule has 2 aromatic carbocycles. The second kappa shape index (κ2) is 5.77. The summed E-state index contributed by atoms with van der Waals surface area (Å²) in [7, 11) is 0. The molecule has 3 aromatic rings. The number of fused-ring (bicyclic) bond motifs is 1. The van der Waals surface area contributed by atoms with E-state index in [0.29, 0.717) is 29.0 Å². The zero-order valence-corrected chi connectivity index (χ0v) is 11.7. The summed E-state index contributed by atoms with van der Waals surface area (Å²) < 4.78 is 12.2. The molecule has 0 saturated carbocycles. The highest BCUT2D eigenvalue weighted by Gasteiger charge is 2.10. The van der Waals surface area contributed by atoms with Gasteiger partial charge < -0.3 is 14.9 Å². The topological polar surface area (TPSA) is 87.5 Å². The molecule has 0 fully saturated rings. The molecule has 3 rings (SSSR count). The lowest BCUT2D eigenvalue weighted by molar-refractivity contribution is 0.0996. The van der Waals surface area contributed by atoms with E-state index >= 15 is 0 Å². The third kappa shape index (κ3) is 2.58. The zero-order chi connectivity index (χ0) is 15.5. The van der Waals surface area contributed by atoms with Crippen molar-refractivity contribution in [2.24, 2.45) is 5.73 Å². The molecule has 6 nitrogen and oxygen atoms in total. The van der Waals surface area contributed by atoms with E-state index in [9.17, 15) is 9.59 Å². The molecule has 0 aliphatic carbocycles. The lowest BCUT2D eigenvalue weighted by atomic mass is 10.2. The number of nitrogens with zero attached hydrogens (tertiary/aromatic N) is 1. The first-order chi connectivity index (χ1) is 10.7. The van der Waals surface area contributed by atoms with Crippen molar-refractivity contribution in [3.63, 3.8) is 0 Å². The number of carbonyl (C=O) groups is 1. The minimum absolute atomic E-state index is 0.216. The van der Waals surface area contributed by atoms with E-state index in [4.69, 9.17) is 14.9 Å². The summed E-state index contributed by atoms with van der Waals surface area (Å²) in [5.74, 6) is -0.592. The largest absolute Gasteiger partial charge is 0.491 e. The third-order valence-corrected chi connectivity index (χ3v) is 3.30. The van der Waals surface area contributed by atoms with Crippen LogP contribution < -0.4 is 16.2 Å². The molecular weight excluding hydrogens is 284 g/mol. The van der Waals surface area contributed by atoms with Crippen LogP contribution in [0.4, 0.5) is 0 Å². The van der Waals surface area contributed by atoms with Gasteiger partial charge in [-0.25, -0.2) is 4.79 Å². The van der Waals surface area contributed by atoms with Crippen molar-refractivity contribution in [2.75, 3.05) is 6.61 Å². The van der Waals surface area contributed by atoms with Crippen LogP contribution in [0.25, 0.3) is 11.1 Å². The van der Waals surface area contributed by atoms with E-state index < -0.39 is 11.7 Å². The Bertz CT molecular complexity index is 879. The summed E-state index contributed by atoms with van der Waals surface area (Å²) in [6.45, 7) is 0.524. The number of rotatable bonds is 5. The van der Waals surface area contributed by atoms with Gasteiger partial charge in [0.15, 0.2) is 5.58 Å². The number of hydrogen-bond donors (Lipinski definition) is 1. The maximum Gasteiger partial charge on any atom is 0.420 e. The maximum atomic E-state index is 11.8. The van der Waals surface area contributed by atoms with Crippen molar-refractivity contribution in [3.05, 3.63) is 64.6 Å². The minimum Gasteiger partial charge on any atom is -0.491 e. The van der Waals surface area contributed by atoms with Gasteiger partial charge in [0.1, 0.15) is 12.4 Å². The molecule has 0 saturated heterocycles. The number of carbonyl (C=O) groups excluding carboxylic acids is 1. The average molecular weight is 298 g/mol. The summed E-state index contributed by atoms with van der Waals surface area (Å²) in [5.41, 5.74) is 6.84. The van der Waals surface area contributed by atoms with Gasteiger partial charge >= 0.3 is 5.76 Å². The number of nitrogens with two attached hydrogens (primary N) is 1. The highest BCUT2D eigenvalue weighted by molar-refractivity contribution is 5.95. The molecule has 1 amide bonds. The van der Waals surface area contributed by atoms with Crippen LogP contribution in [0.1, 0.15) is 10.4 Å². The second-order valence-electron chi connectivity index (χ2n) is 4.70. The number of oxazole rings is 1. The van der Waals surface area contributed by atoms with Crippen molar-refractivity contribution in [2.45, 2.75) is 6.54 Å². The minimum atomic E-state index is -0.554. The first kappa shape index (κ1) is 13.9. The summed E-state index contributed by atoms with van der Waals surface area (Å²) >= 11 is 0. The standard InChI is InChI=1S/C16H14N2O4/c17-15(19)11-5-1-3-7-13(11)21-10-9-18-12-6-2-4-8-14(12)22-16(18)20/h1-8H,9-10H2,(H2,17,19). The van der Waals surface area contributed by atoms with Gasteiger partial charge in [-0.15, -0.1) is 0 Å². The number of primary amides is 1. The van der Waals surface area contributed by atoms with E-state index in [1.54, 1.807) is 42.5 Å². The Labute approximate surface area is 125 Å². The lowest BCUT2D eigenvalue weighted by Gasteiger charge is -2.09. The van der Waals surface area contributed by atoms with Crippen molar-refractivity contribution in [3.8, 4) is 5.75 Å². The number of para-hydroxylation sites is 3. The predicted molar refractivity (Wildman–Crippen MR) is 80.9 cm³/mol. The van der Waals surface area contributed by atoms with Crippen LogP contribution >= 0.6 is 0 Å². The molecule has 0 bridgehead atoms. The molecule has 1 aromatic heterocycles. The van der Waals surface area contributed by atoms with Gasteiger partial charge in [-0.1, -0.05) is 24.3 Å². The lowest BCUT2D eigenvalue weighted by Crippen LogP contribution is -2.19. The van der Waals surface area contributed by atoms with Crippen molar-refractivity contribution in [1.82, 2.24) is 4.57 Å². The molecule has 22 heavy (non-hydrogen) atoms. The van der Waals surface area contributed by atoms with Gasteiger partial charge in [-0.3, -0.25) is 9.36 Å². The Morgan fingerprint density at radius 1 is 1.14 bits per heavy atom. The summed E-state index contributed by atoms with van der Waals surface area (Å²) in [4.78, 5) is 23.1. The maximum absolute atomic E-state index is 11.8. The van der Waals surface area contributed by atoms with Crippen LogP contribution in [0, 0.1) is 0 Å². The molecule has 0 spiro atoms. The molecule has 0 aliphatic rings. The monoisotopic (exact) mass is 298 g/mol. The number of ether oxygens (including phenoxy) is 1. The average Bonchev–Trinajstić information content (AvgIpc) is 2.83. The summed E-state index contributed by atoms with van der Waals surface area (Å²) in [6.07, 6.45) is 0. The number of aromatic nitrogens is 1. The molecule has 2 N–H and O–H groups in total. The molecule has 6 heteroatoms. The van der Waals surface area contributed by atoms with Crippen molar-refractivity contribution >= 4 is 17.0 Å². The molecule has 0 atom stereocenters. The van der Waals surface area contributed by atoms with E-state index in [1.165, 1.54) is 4.57 Å². The first-order valence-corrected chi connectivity index (χ1v) is 6.77. The summed E-state index contributed by atoms with van der Waals surface area (Å²) in [5, 5.41) is 0. The normalized spacial score (nSPS) is 10.7. The Morgan fingerprint density at radius 3 is 2.68 bits per heavy atom. The number of amides is 1. The second-order valence-corrected chi connectivity index (χ2v) is 4.70. The van der Waals surface area contributed by atoms with Crippen LogP contribution in [0.2, 0.25) is 0 Å². The van der Waals surface area contributed by atoms with Crippen molar-refractivity contribution in [1.29, 1.82) is 0 Å². The quantitative estimate of drug-likeness (QED) is 0.777. The first-order valence-electron chi connectivity index (χ1n) is 6.77. The van der Waals surface area contributed by atoms with E-state index in [2.05, 4.69) is 0 Å². The molecule has 0 radical (unpaired) electrons.